The zero-order chi connectivity index (χ0) is 12.5. The Bertz CT molecular complexity index is 706. The van der Waals surface area contributed by atoms with E-state index in [1.807, 2.05) is 36.4 Å². The summed E-state index contributed by atoms with van der Waals surface area (Å²) in [5.74, 6) is 1.38. The first-order valence-electron chi connectivity index (χ1n) is 5.60. The summed E-state index contributed by atoms with van der Waals surface area (Å²) < 4.78 is 5.75. The summed E-state index contributed by atoms with van der Waals surface area (Å²) in [6, 6.07) is 11.5. The smallest absolute Gasteiger partial charge is 0.152 e. The molecule has 0 aliphatic rings. The summed E-state index contributed by atoms with van der Waals surface area (Å²) >= 11 is 6.07. The van der Waals surface area contributed by atoms with Gasteiger partial charge in [0.1, 0.15) is 11.6 Å². The first-order valence-corrected chi connectivity index (χ1v) is 5.97. The molecule has 0 unspecified atom stereocenters. The van der Waals surface area contributed by atoms with E-state index in [4.69, 9.17) is 21.8 Å². The fraction of sp³-hybridized carbons (Fsp3) is 0.0714. The summed E-state index contributed by atoms with van der Waals surface area (Å²) in [7, 11) is 0. The number of benzene rings is 1. The summed E-state index contributed by atoms with van der Waals surface area (Å²) in [6.07, 6.45) is 2.37. The molecule has 3 nitrogen and oxygen atoms in total. The van der Waals surface area contributed by atoms with Gasteiger partial charge in [-0.2, -0.15) is 0 Å². The normalized spacial score (nSPS) is 10.9. The molecular weight excluding hydrogens is 248 g/mol. The molecule has 0 aliphatic carbocycles. The SMILES string of the molecule is Nc1cc(Cc2cc3cccc(Cl)c3o2)ccn1. The van der Waals surface area contributed by atoms with Gasteiger partial charge in [-0.1, -0.05) is 23.7 Å². The van der Waals surface area contributed by atoms with Gasteiger partial charge in [-0.25, -0.2) is 4.98 Å². The van der Waals surface area contributed by atoms with Crippen molar-refractivity contribution in [1.82, 2.24) is 4.98 Å². The van der Waals surface area contributed by atoms with E-state index >= 15 is 0 Å². The van der Waals surface area contributed by atoms with Gasteiger partial charge >= 0.3 is 0 Å². The molecule has 0 atom stereocenters. The maximum atomic E-state index is 6.07. The van der Waals surface area contributed by atoms with Crippen molar-refractivity contribution in [1.29, 1.82) is 0 Å². The minimum absolute atomic E-state index is 0.515. The van der Waals surface area contributed by atoms with Crippen LogP contribution in [-0.4, -0.2) is 4.98 Å². The van der Waals surface area contributed by atoms with Crippen molar-refractivity contribution < 1.29 is 4.42 Å². The van der Waals surface area contributed by atoms with Crippen molar-refractivity contribution in [2.24, 2.45) is 0 Å². The minimum atomic E-state index is 0.515. The van der Waals surface area contributed by atoms with Crippen LogP contribution in [0.5, 0.6) is 0 Å². The standard InChI is InChI=1S/C14H11ClN2O/c15-12-3-1-2-10-8-11(18-14(10)12)6-9-4-5-17-13(16)7-9/h1-5,7-8H,6H2,(H2,16,17). The topological polar surface area (TPSA) is 52.0 Å². The van der Waals surface area contributed by atoms with E-state index in [1.54, 1.807) is 6.20 Å². The Morgan fingerprint density at radius 1 is 1.22 bits per heavy atom. The van der Waals surface area contributed by atoms with Crippen LogP contribution in [-0.2, 0) is 6.42 Å². The number of nitrogens with two attached hydrogens (primary N) is 1. The molecule has 0 amide bonds. The van der Waals surface area contributed by atoms with Gasteiger partial charge in [0.15, 0.2) is 5.58 Å². The highest BCUT2D eigenvalue weighted by Crippen LogP contribution is 2.27. The molecule has 0 saturated heterocycles. The molecule has 18 heavy (non-hydrogen) atoms. The number of nitrogens with zero attached hydrogens (tertiary/aromatic N) is 1. The van der Waals surface area contributed by atoms with Crippen LogP contribution in [0.15, 0.2) is 47.0 Å². The lowest BCUT2D eigenvalue weighted by Crippen LogP contribution is -1.92. The molecule has 3 aromatic rings. The van der Waals surface area contributed by atoms with Crippen LogP contribution >= 0.6 is 11.6 Å². The van der Waals surface area contributed by atoms with Gasteiger partial charge in [-0.15, -0.1) is 0 Å². The van der Waals surface area contributed by atoms with Crippen molar-refractivity contribution in [3.05, 3.63) is 58.9 Å². The molecule has 90 valence electrons. The fourth-order valence-electron chi connectivity index (χ4n) is 1.97. The third-order valence-electron chi connectivity index (χ3n) is 2.77. The van der Waals surface area contributed by atoms with Gasteiger partial charge in [0, 0.05) is 18.0 Å². The number of para-hydroxylation sites is 1. The molecular formula is C14H11ClN2O. The fourth-order valence-corrected chi connectivity index (χ4v) is 2.19. The molecule has 2 N–H and O–H groups in total. The Balaban J connectivity index is 1.98. The maximum Gasteiger partial charge on any atom is 0.152 e. The van der Waals surface area contributed by atoms with E-state index in [0.717, 1.165) is 22.3 Å². The molecule has 0 radical (unpaired) electrons. The number of nitrogen functional groups attached to an aromatic ring is 1. The summed E-state index contributed by atoms with van der Waals surface area (Å²) in [5.41, 5.74) is 7.45. The van der Waals surface area contributed by atoms with Gasteiger partial charge < -0.3 is 10.2 Å². The average molecular weight is 259 g/mol. The van der Waals surface area contributed by atoms with Gasteiger partial charge in [-0.3, -0.25) is 0 Å². The van der Waals surface area contributed by atoms with Crippen LogP contribution in [0.1, 0.15) is 11.3 Å². The zero-order valence-corrected chi connectivity index (χ0v) is 10.3. The van der Waals surface area contributed by atoms with Crippen molar-refractivity contribution in [3.63, 3.8) is 0 Å². The second-order valence-corrected chi connectivity index (χ2v) is 4.54. The van der Waals surface area contributed by atoms with Gasteiger partial charge in [0.05, 0.1) is 5.02 Å². The predicted molar refractivity (Wildman–Crippen MR) is 72.7 cm³/mol. The lowest BCUT2D eigenvalue weighted by atomic mass is 10.1. The zero-order valence-electron chi connectivity index (χ0n) is 9.56. The van der Waals surface area contributed by atoms with E-state index < -0.39 is 0 Å². The molecule has 1 aromatic carbocycles. The highest BCUT2D eigenvalue weighted by molar-refractivity contribution is 6.34. The summed E-state index contributed by atoms with van der Waals surface area (Å²) in [4.78, 5) is 3.96. The molecule has 0 bridgehead atoms. The Labute approximate surface area is 109 Å². The number of halogens is 1. The predicted octanol–water partition coefficient (Wildman–Crippen LogP) is 3.65. The van der Waals surface area contributed by atoms with E-state index in [2.05, 4.69) is 4.98 Å². The number of pyridine rings is 1. The van der Waals surface area contributed by atoms with Crippen molar-refractivity contribution in [2.45, 2.75) is 6.42 Å². The van der Waals surface area contributed by atoms with Crippen LogP contribution in [0.2, 0.25) is 5.02 Å². The molecule has 2 heterocycles. The highest BCUT2D eigenvalue weighted by Gasteiger charge is 2.07. The molecule has 4 heteroatoms. The van der Waals surface area contributed by atoms with Crippen molar-refractivity contribution in [2.75, 3.05) is 5.73 Å². The first kappa shape index (κ1) is 11.1. The third-order valence-corrected chi connectivity index (χ3v) is 3.07. The molecule has 0 spiro atoms. The number of aromatic nitrogens is 1. The van der Waals surface area contributed by atoms with Crippen molar-refractivity contribution in [3.8, 4) is 0 Å². The van der Waals surface area contributed by atoms with Crippen molar-refractivity contribution >= 4 is 28.4 Å². The molecule has 3 rings (SSSR count). The van der Waals surface area contributed by atoms with Gasteiger partial charge in [0.25, 0.3) is 0 Å². The lowest BCUT2D eigenvalue weighted by Gasteiger charge is -1.98. The summed E-state index contributed by atoms with van der Waals surface area (Å²) in [6.45, 7) is 0. The number of anilines is 1. The van der Waals surface area contributed by atoms with E-state index in [9.17, 15) is 0 Å². The minimum Gasteiger partial charge on any atom is -0.459 e. The van der Waals surface area contributed by atoms with Crippen LogP contribution in [0, 0.1) is 0 Å². The van der Waals surface area contributed by atoms with Gasteiger partial charge in [0.2, 0.25) is 0 Å². The van der Waals surface area contributed by atoms with Crippen LogP contribution in [0.25, 0.3) is 11.0 Å². The Hall–Kier alpha value is -2.00. The third kappa shape index (κ3) is 2.05. The molecule has 2 aromatic heterocycles. The number of furan rings is 1. The molecule has 0 aliphatic heterocycles. The average Bonchev–Trinajstić information content (AvgIpc) is 2.73. The number of rotatable bonds is 2. The highest BCUT2D eigenvalue weighted by atomic mass is 35.5. The van der Waals surface area contributed by atoms with Crippen LogP contribution in [0.4, 0.5) is 5.82 Å². The molecule has 0 fully saturated rings. The number of hydrogen-bond donors (Lipinski definition) is 1. The van der Waals surface area contributed by atoms with E-state index in [0.29, 0.717) is 17.3 Å². The largest absolute Gasteiger partial charge is 0.459 e. The Morgan fingerprint density at radius 3 is 2.89 bits per heavy atom. The second kappa shape index (κ2) is 4.35. The Kier molecular flexibility index (Phi) is 2.68. The molecule has 0 saturated carbocycles. The number of hydrogen-bond acceptors (Lipinski definition) is 3. The quantitative estimate of drug-likeness (QED) is 0.763. The lowest BCUT2D eigenvalue weighted by molar-refractivity contribution is 0.563. The summed E-state index contributed by atoms with van der Waals surface area (Å²) in [5, 5.41) is 1.65. The van der Waals surface area contributed by atoms with E-state index in [-0.39, 0.29) is 0 Å². The second-order valence-electron chi connectivity index (χ2n) is 4.14. The monoisotopic (exact) mass is 258 g/mol. The first-order chi connectivity index (χ1) is 8.72. The number of fused-ring (bicyclic) bond motifs is 1. The van der Waals surface area contributed by atoms with Crippen LogP contribution < -0.4 is 5.73 Å². The van der Waals surface area contributed by atoms with E-state index in [1.165, 1.54) is 0 Å². The van der Waals surface area contributed by atoms with Crippen LogP contribution in [0.3, 0.4) is 0 Å². The van der Waals surface area contributed by atoms with Gasteiger partial charge in [-0.05, 0) is 29.8 Å². The maximum absolute atomic E-state index is 6.07. The Morgan fingerprint density at radius 2 is 2.11 bits per heavy atom.